The summed E-state index contributed by atoms with van der Waals surface area (Å²) >= 11 is 0. The first-order chi connectivity index (χ1) is 13.3. The largest absolute Gasteiger partial charge is 0.247 e. The summed E-state index contributed by atoms with van der Waals surface area (Å²) in [6.07, 6.45) is 15.2. The molecule has 4 rings (SSSR count). The number of halogens is 1. The predicted octanol–water partition coefficient (Wildman–Crippen LogP) is 8.45. The van der Waals surface area contributed by atoms with Crippen molar-refractivity contribution in [3.05, 3.63) is 0 Å². The molecule has 28 heavy (non-hydrogen) atoms. The van der Waals surface area contributed by atoms with Crippen LogP contribution in [-0.2, 0) is 0 Å². The molecule has 4 aliphatic rings. The van der Waals surface area contributed by atoms with Gasteiger partial charge in [0.2, 0.25) is 0 Å². The molecule has 0 nitrogen and oxygen atoms in total. The van der Waals surface area contributed by atoms with Crippen molar-refractivity contribution >= 4 is 0 Å². The van der Waals surface area contributed by atoms with E-state index in [1.165, 1.54) is 64.2 Å². The second-order valence-electron chi connectivity index (χ2n) is 12.6. The number of rotatable bonds is 5. The second kappa shape index (κ2) is 7.88. The highest BCUT2D eigenvalue weighted by molar-refractivity contribution is 5.09. The maximum absolute atomic E-state index is 14.1. The second-order valence-corrected chi connectivity index (χ2v) is 12.6. The van der Waals surface area contributed by atoms with Gasteiger partial charge in [-0.3, -0.25) is 0 Å². The minimum Gasteiger partial charge on any atom is -0.247 e. The average molecular weight is 391 g/mol. The molecule has 8 unspecified atom stereocenters. The number of hydrogen-bond donors (Lipinski definition) is 0. The number of fused-ring (bicyclic) bond motifs is 5. The molecule has 4 saturated carbocycles. The predicted molar refractivity (Wildman–Crippen MR) is 118 cm³/mol. The summed E-state index contributed by atoms with van der Waals surface area (Å²) < 4.78 is 14.1. The lowest BCUT2D eigenvalue weighted by molar-refractivity contribution is -0.122. The lowest BCUT2D eigenvalue weighted by Crippen LogP contribution is -2.53. The van der Waals surface area contributed by atoms with Gasteiger partial charge >= 0.3 is 0 Å². The maximum atomic E-state index is 14.1. The van der Waals surface area contributed by atoms with Gasteiger partial charge in [0.15, 0.2) is 0 Å². The normalized spacial score (nSPS) is 49.4. The topological polar surface area (TPSA) is 0 Å². The van der Waals surface area contributed by atoms with E-state index in [-0.39, 0.29) is 0 Å². The maximum Gasteiger partial charge on any atom is 0.100 e. The van der Waals surface area contributed by atoms with Crippen LogP contribution in [-0.4, -0.2) is 6.17 Å². The fraction of sp³-hybridized carbons (Fsp3) is 1.00. The third kappa shape index (κ3) is 3.49. The standard InChI is InChI=1S/C27H47F/c1-18(2)7-6-8-19(3)23-11-12-24-22-10-9-20-17-21(28)13-15-26(20,4)25(22)14-16-27(23,24)5/h18-25H,6-17H2,1-5H3/t19?,20?,21-,22?,23?,24?,25?,26?,27?/m1/s1. The van der Waals surface area contributed by atoms with Crippen molar-refractivity contribution in [1.82, 2.24) is 0 Å². The highest BCUT2D eigenvalue weighted by atomic mass is 19.1. The Hall–Kier alpha value is -0.0700. The molecule has 0 radical (unpaired) electrons. The first kappa shape index (κ1) is 21.2. The zero-order chi connectivity index (χ0) is 20.1. The third-order valence-corrected chi connectivity index (χ3v) is 10.8. The van der Waals surface area contributed by atoms with Crippen molar-refractivity contribution < 1.29 is 4.39 Å². The third-order valence-electron chi connectivity index (χ3n) is 10.8. The van der Waals surface area contributed by atoms with Crippen LogP contribution in [0, 0.1) is 52.3 Å². The van der Waals surface area contributed by atoms with Crippen LogP contribution in [0.25, 0.3) is 0 Å². The Kier molecular flexibility index (Phi) is 5.96. The van der Waals surface area contributed by atoms with Gasteiger partial charge in [-0.1, -0.05) is 53.9 Å². The minimum atomic E-state index is -0.508. The van der Waals surface area contributed by atoms with Crippen molar-refractivity contribution in [2.24, 2.45) is 52.3 Å². The van der Waals surface area contributed by atoms with Gasteiger partial charge in [-0.2, -0.15) is 0 Å². The van der Waals surface area contributed by atoms with E-state index in [1.807, 2.05) is 0 Å². The number of alkyl halides is 1. The van der Waals surface area contributed by atoms with E-state index in [4.69, 9.17) is 0 Å². The van der Waals surface area contributed by atoms with Crippen LogP contribution in [0.15, 0.2) is 0 Å². The molecule has 0 saturated heterocycles. The molecular formula is C27H47F. The van der Waals surface area contributed by atoms with Gasteiger partial charge in [0.05, 0.1) is 0 Å². The van der Waals surface area contributed by atoms with Gasteiger partial charge in [-0.25, -0.2) is 4.39 Å². The molecule has 0 heterocycles. The van der Waals surface area contributed by atoms with Crippen molar-refractivity contribution in [3.63, 3.8) is 0 Å². The fourth-order valence-corrected chi connectivity index (χ4v) is 9.23. The molecule has 4 fully saturated rings. The molecule has 0 aromatic heterocycles. The molecule has 0 amide bonds. The van der Waals surface area contributed by atoms with E-state index in [0.717, 1.165) is 48.3 Å². The van der Waals surface area contributed by atoms with Crippen molar-refractivity contribution in [2.45, 2.75) is 118 Å². The Morgan fingerprint density at radius 3 is 2.29 bits per heavy atom. The Morgan fingerprint density at radius 2 is 1.54 bits per heavy atom. The fourth-order valence-electron chi connectivity index (χ4n) is 9.23. The smallest absolute Gasteiger partial charge is 0.100 e. The Bertz CT molecular complexity index is 540. The van der Waals surface area contributed by atoms with Crippen LogP contribution in [0.4, 0.5) is 4.39 Å². The van der Waals surface area contributed by atoms with Gasteiger partial charge in [-0.15, -0.1) is 0 Å². The minimum absolute atomic E-state index is 0.452. The van der Waals surface area contributed by atoms with Gasteiger partial charge in [-0.05, 0) is 110 Å². The van der Waals surface area contributed by atoms with Crippen molar-refractivity contribution in [2.75, 3.05) is 0 Å². The molecule has 0 N–H and O–H groups in total. The highest BCUT2D eigenvalue weighted by Crippen LogP contribution is 2.68. The first-order valence-corrected chi connectivity index (χ1v) is 12.9. The van der Waals surface area contributed by atoms with E-state index in [9.17, 15) is 4.39 Å². The van der Waals surface area contributed by atoms with Gasteiger partial charge < -0.3 is 0 Å². The Labute approximate surface area is 174 Å². The van der Waals surface area contributed by atoms with Crippen molar-refractivity contribution in [1.29, 1.82) is 0 Å². The SMILES string of the molecule is CC(C)CCCC(C)C1CCC2C3CCC4C[C@H](F)CCC4(C)C3CCC12C. The Balaban J connectivity index is 1.46. The lowest BCUT2D eigenvalue weighted by atomic mass is 9.44. The van der Waals surface area contributed by atoms with Crippen LogP contribution in [0.5, 0.6) is 0 Å². The van der Waals surface area contributed by atoms with E-state index < -0.39 is 6.17 Å². The summed E-state index contributed by atoms with van der Waals surface area (Å²) in [7, 11) is 0. The highest BCUT2D eigenvalue weighted by Gasteiger charge is 2.60. The monoisotopic (exact) mass is 390 g/mol. The van der Waals surface area contributed by atoms with Gasteiger partial charge in [0.1, 0.15) is 6.17 Å². The summed E-state index contributed by atoms with van der Waals surface area (Å²) in [5.74, 6) is 6.19. The number of hydrogen-bond acceptors (Lipinski definition) is 0. The summed E-state index contributed by atoms with van der Waals surface area (Å²) in [6, 6.07) is 0. The first-order valence-electron chi connectivity index (χ1n) is 12.9. The average Bonchev–Trinajstić information content (AvgIpc) is 2.99. The summed E-state index contributed by atoms with van der Waals surface area (Å²) in [6.45, 7) is 12.6. The van der Waals surface area contributed by atoms with E-state index in [0.29, 0.717) is 16.7 Å². The van der Waals surface area contributed by atoms with Crippen LogP contribution in [0.1, 0.15) is 112 Å². The zero-order valence-corrected chi connectivity index (χ0v) is 19.5. The van der Waals surface area contributed by atoms with Crippen LogP contribution in [0.2, 0.25) is 0 Å². The summed E-state index contributed by atoms with van der Waals surface area (Å²) in [4.78, 5) is 0. The lowest BCUT2D eigenvalue weighted by Gasteiger charge is -2.61. The van der Waals surface area contributed by atoms with Gasteiger partial charge in [0, 0.05) is 0 Å². The van der Waals surface area contributed by atoms with Crippen LogP contribution < -0.4 is 0 Å². The van der Waals surface area contributed by atoms with Crippen LogP contribution in [0.3, 0.4) is 0 Å². The van der Waals surface area contributed by atoms with Crippen molar-refractivity contribution in [3.8, 4) is 0 Å². The van der Waals surface area contributed by atoms with Gasteiger partial charge in [0.25, 0.3) is 0 Å². The molecule has 0 aromatic carbocycles. The molecular weight excluding hydrogens is 343 g/mol. The van der Waals surface area contributed by atoms with E-state index in [2.05, 4.69) is 34.6 Å². The Morgan fingerprint density at radius 1 is 0.821 bits per heavy atom. The molecule has 162 valence electrons. The van der Waals surface area contributed by atoms with E-state index in [1.54, 1.807) is 0 Å². The molecule has 9 atom stereocenters. The zero-order valence-electron chi connectivity index (χ0n) is 19.5. The quantitative estimate of drug-likeness (QED) is 0.441. The molecule has 4 aliphatic carbocycles. The van der Waals surface area contributed by atoms with Crippen LogP contribution >= 0.6 is 0 Å². The molecule has 0 bridgehead atoms. The molecule has 1 heteroatoms. The van der Waals surface area contributed by atoms with E-state index >= 15 is 0 Å². The molecule has 0 aliphatic heterocycles. The molecule has 0 aromatic rings. The summed E-state index contributed by atoms with van der Waals surface area (Å²) in [5.41, 5.74) is 1.05. The molecule has 0 spiro atoms. The summed E-state index contributed by atoms with van der Waals surface area (Å²) in [5, 5.41) is 0.